The Balaban J connectivity index is 0.00000144. The van der Waals surface area contributed by atoms with Crippen LogP contribution in [0.1, 0.15) is 26.5 Å². The zero-order valence-corrected chi connectivity index (χ0v) is 12.7. The maximum absolute atomic E-state index is 4.76. The predicted octanol–water partition coefficient (Wildman–Crippen LogP) is 2.61. The Morgan fingerprint density at radius 3 is 2.24 bits per heavy atom. The summed E-state index contributed by atoms with van der Waals surface area (Å²) in [5.41, 5.74) is 1.38. The molecule has 0 spiro atoms. The maximum Gasteiger partial charge on any atom is 0.185 e. The molecule has 3 nitrogen and oxygen atoms in total. The van der Waals surface area contributed by atoms with E-state index in [1.165, 1.54) is 10.8 Å². The van der Waals surface area contributed by atoms with E-state index in [1.54, 1.807) is 11.3 Å². The zero-order chi connectivity index (χ0) is 11.8. The molecule has 5 heteroatoms. The molecule has 0 amide bonds. The number of nitrogens with zero attached hydrogens (tertiary/aromatic N) is 3. The van der Waals surface area contributed by atoms with Crippen molar-refractivity contribution in [2.75, 3.05) is 38.1 Å². The van der Waals surface area contributed by atoms with Crippen molar-refractivity contribution in [2.24, 2.45) is 0 Å². The fourth-order valence-electron chi connectivity index (χ4n) is 1.75. The summed E-state index contributed by atoms with van der Waals surface area (Å²) in [6, 6.07) is 0. The molecule has 2 heterocycles. The number of thiazole rings is 1. The number of hydrogen-bond acceptors (Lipinski definition) is 4. The normalized spacial score (nSPS) is 18.0. The average molecular weight is 276 g/mol. The number of aromatic nitrogens is 1. The van der Waals surface area contributed by atoms with Crippen LogP contribution in [0.3, 0.4) is 0 Å². The lowest BCUT2D eigenvalue weighted by molar-refractivity contribution is 0.312. The third-order valence-corrected chi connectivity index (χ3v) is 3.94. The Morgan fingerprint density at radius 1 is 1.18 bits per heavy atom. The molecule has 0 radical (unpaired) electrons. The highest BCUT2D eigenvalue weighted by atomic mass is 35.5. The van der Waals surface area contributed by atoms with E-state index < -0.39 is 0 Å². The van der Waals surface area contributed by atoms with Crippen LogP contribution in [0.4, 0.5) is 5.13 Å². The van der Waals surface area contributed by atoms with Gasteiger partial charge in [-0.2, -0.15) is 0 Å². The smallest absolute Gasteiger partial charge is 0.185 e. The summed E-state index contributed by atoms with van der Waals surface area (Å²) in [7, 11) is 2.18. The lowest BCUT2D eigenvalue weighted by Crippen LogP contribution is -2.44. The van der Waals surface area contributed by atoms with Gasteiger partial charge in [-0.1, -0.05) is 20.8 Å². The molecule has 1 fully saturated rings. The molecule has 1 aromatic heterocycles. The molecule has 98 valence electrons. The second-order valence-electron chi connectivity index (χ2n) is 5.56. The fourth-order valence-corrected chi connectivity index (χ4v) is 2.86. The number of rotatable bonds is 1. The van der Waals surface area contributed by atoms with Crippen LogP contribution in [0, 0.1) is 0 Å². The molecular formula is C12H22ClN3S. The van der Waals surface area contributed by atoms with Crippen molar-refractivity contribution in [1.82, 2.24) is 9.88 Å². The first-order valence-corrected chi connectivity index (χ1v) is 6.74. The molecule has 2 rings (SSSR count). The number of likely N-dealkylation sites (N-methyl/N-ethyl adjacent to an activating group) is 1. The van der Waals surface area contributed by atoms with Crippen LogP contribution in [-0.4, -0.2) is 43.1 Å². The van der Waals surface area contributed by atoms with E-state index in [2.05, 4.69) is 43.0 Å². The highest BCUT2D eigenvalue weighted by molar-refractivity contribution is 7.13. The molecule has 0 unspecified atom stereocenters. The van der Waals surface area contributed by atoms with Crippen LogP contribution in [0.5, 0.6) is 0 Å². The van der Waals surface area contributed by atoms with Crippen LogP contribution < -0.4 is 4.90 Å². The zero-order valence-electron chi connectivity index (χ0n) is 11.1. The molecule has 0 saturated carbocycles. The van der Waals surface area contributed by atoms with Gasteiger partial charge in [0.2, 0.25) is 0 Å². The Bertz CT molecular complexity index is 351. The van der Waals surface area contributed by atoms with Crippen molar-refractivity contribution in [3.05, 3.63) is 11.1 Å². The summed E-state index contributed by atoms with van der Waals surface area (Å²) >= 11 is 1.78. The van der Waals surface area contributed by atoms with Crippen molar-refractivity contribution in [3.8, 4) is 0 Å². The largest absolute Gasteiger partial charge is 0.346 e. The molecule has 1 aromatic rings. The minimum atomic E-state index is 0. The first-order valence-electron chi connectivity index (χ1n) is 5.86. The van der Waals surface area contributed by atoms with Gasteiger partial charge in [-0.25, -0.2) is 4.98 Å². The van der Waals surface area contributed by atoms with Gasteiger partial charge in [-0.3, -0.25) is 0 Å². The monoisotopic (exact) mass is 275 g/mol. The van der Waals surface area contributed by atoms with Crippen molar-refractivity contribution in [3.63, 3.8) is 0 Å². The quantitative estimate of drug-likeness (QED) is 0.785. The summed E-state index contributed by atoms with van der Waals surface area (Å²) < 4.78 is 0. The van der Waals surface area contributed by atoms with Crippen molar-refractivity contribution in [2.45, 2.75) is 26.2 Å². The Labute approximate surface area is 114 Å². The number of hydrogen-bond donors (Lipinski definition) is 0. The van der Waals surface area contributed by atoms with Gasteiger partial charge >= 0.3 is 0 Å². The average Bonchev–Trinajstić information content (AvgIpc) is 2.67. The number of anilines is 1. The highest BCUT2D eigenvalue weighted by Gasteiger charge is 2.21. The van der Waals surface area contributed by atoms with Crippen LogP contribution in [0.2, 0.25) is 0 Å². The Kier molecular flexibility index (Phi) is 4.81. The molecular weight excluding hydrogens is 254 g/mol. The minimum Gasteiger partial charge on any atom is -0.346 e. The molecule has 1 saturated heterocycles. The predicted molar refractivity (Wildman–Crippen MR) is 77.8 cm³/mol. The Morgan fingerprint density at radius 2 is 1.76 bits per heavy atom. The van der Waals surface area contributed by atoms with Crippen LogP contribution in [-0.2, 0) is 5.41 Å². The molecule has 0 bridgehead atoms. The van der Waals surface area contributed by atoms with E-state index in [1.807, 2.05) is 0 Å². The molecule has 0 atom stereocenters. The fraction of sp³-hybridized carbons (Fsp3) is 0.750. The van der Waals surface area contributed by atoms with E-state index in [9.17, 15) is 0 Å². The van der Waals surface area contributed by atoms with Crippen LogP contribution in [0.25, 0.3) is 0 Å². The number of piperazine rings is 1. The molecule has 1 aliphatic heterocycles. The molecule has 17 heavy (non-hydrogen) atoms. The van der Waals surface area contributed by atoms with Crippen LogP contribution >= 0.6 is 23.7 Å². The first kappa shape index (κ1) is 14.7. The molecule has 0 aliphatic carbocycles. The van der Waals surface area contributed by atoms with E-state index >= 15 is 0 Å². The lowest BCUT2D eigenvalue weighted by Gasteiger charge is -2.32. The molecule has 0 aromatic carbocycles. The summed E-state index contributed by atoms with van der Waals surface area (Å²) in [6.07, 6.45) is 0. The lowest BCUT2D eigenvalue weighted by atomic mass is 9.93. The first-order chi connectivity index (χ1) is 7.47. The van der Waals surface area contributed by atoms with E-state index in [0.29, 0.717) is 0 Å². The summed E-state index contributed by atoms with van der Waals surface area (Å²) in [5.74, 6) is 0. The van der Waals surface area contributed by atoms with Crippen molar-refractivity contribution in [1.29, 1.82) is 0 Å². The second-order valence-corrected chi connectivity index (χ2v) is 6.39. The third kappa shape index (κ3) is 3.57. The van der Waals surface area contributed by atoms with Gasteiger partial charge in [0.15, 0.2) is 5.13 Å². The highest BCUT2D eigenvalue weighted by Crippen LogP contribution is 2.28. The van der Waals surface area contributed by atoms with E-state index in [4.69, 9.17) is 4.98 Å². The van der Waals surface area contributed by atoms with Gasteiger partial charge in [0, 0.05) is 37.0 Å². The summed E-state index contributed by atoms with van der Waals surface area (Å²) in [5, 5.41) is 3.39. The van der Waals surface area contributed by atoms with Gasteiger partial charge in [0.05, 0.1) is 5.69 Å². The molecule has 1 aliphatic rings. The van der Waals surface area contributed by atoms with Gasteiger partial charge in [0.25, 0.3) is 0 Å². The van der Waals surface area contributed by atoms with Crippen molar-refractivity contribution < 1.29 is 0 Å². The SMILES string of the molecule is CN1CCN(c2nc(C(C)(C)C)cs2)CC1.Cl. The summed E-state index contributed by atoms with van der Waals surface area (Å²) in [4.78, 5) is 9.53. The van der Waals surface area contributed by atoms with Gasteiger partial charge in [0.1, 0.15) is 0 Å². The molecule has 0 N–H and O–H groups in total. The third-order valence-electron chi connectivity index (χ3n) is 3.03. The van der Waals surface area contributed by atoms with E-state index in [-0.39, 0.29) is 17.8 Å². The second kappa shape index (κ2) is 5.55. The minimum absolute atomic E-state index is 0. The van der Waals surface area contributed by atoms with Gasteiger partial charge in [-0.05, 0) is 7.05 Å². The maximum atomic E-state index is 4.76. The van der Waals surface area contributed by atoms with Crippen LogP contribution in [0.15, 0.2) is 5.38 Å². The van der Waals surface area contributed by atoms with Crippen molar-refractivity contribution >= 4 is 28.9 Å². The topological polar surface area (TPSA) is 19.4 Å². The van der Waals surface area contributed by atoms with Gasteiger partial charge in [-0.15, -0.1) is 23.7 Å². The van der Waals surface area contributed by atoms with E-state index in [0.717, 1.165) is 26.2 Å². The standard InChI is InChI=1S/C12H21N3S.ClH/c1-12(2,3)10-9-16-11(13-10)15-7-5-14(4)6-8-15;/h9H,5-8H2,1-4H3;1H. The summed E-state index contributed by atoms with van der Waals surface area (Å²) in [6.45, 7) is 11.2. The number of halogens is 1. The van der Waals surface area contributed by atoms with Gasteiger partial charge < -0.3 is 9.80 Å². The Hall–Kier alpha value is -0.320.